The van der Waals surface area contributed by atoms with Crippen LogP contribution < -0.4 is 14.2 Å². The fourth-order valence-corrected chi connectivity index (χ4v) is 4.44. The molecule has 42 heavy (non-hydrogen) atoms. The zero-order valence-corrected chi connectivity index (χ0v) is 22.7. The van der Waals surface area contributed by atoms with E-state index in [2.05, 4.69) is 16.4 Å². The fourth-order valence-electron chi connectivity index (χ4n) is 4.44. The second-order valence-corrected chi connectivity index (χ2v) is 10.1. The van der Waals surface area contributed by atoms with Crippen molar-refractivity contribution in [2.24, 2.45) is 11.8 Å². The molecule has 0 radical (unpaired) electrons. The molecule has 0 spiro atoms. The Labute approximate surface area is 238 Å². The summed E-state index contributed by atoms with van der Waals surface area (Å²) in [5.74, 6) is -0.592. The molecule has 0 heterocycles. The van der Waals surface area contributed by atoms with Crippen molar-refractivity contribution >= 4 is 11.9 Å². The van der Waals surface area contributed by atoms with E-state index >= 15 is 0 Å². The van der Waals surface area contributed by atoms with E-state index in [0.29, 0.717) is 11.7 Å². The standard InChI is InChI=1S/C29H31F7O6/c1-2-3-4-5-19-6-8-20(9-7-19)25(37)40-23-14-16-24(17-15-23)41-26(38)21-10-12-22(13-11-21)39-18-27(30,31)42-29(35,36)28(32,33)34/h10-17,19-20H,2-9,18H2,1H3. The molecule has 3 rings (SSSR count). The quantitative estimate of drug-likeness (QED) is 0.0986. The largest absolute Gasteiger partial charge is 0.484 e. The third-order valence-electron chi connectivity index (χ3n) is 6.75. The van der Waals surface area contributed by atoms with E-state index in [1.165, 1.54) is 49.9 Å². The van der Waals surface area contributed by atoms with Gasteiger partial charge >= 0.3 is 30.3 Å². The molecule has 0 amide bonds. The third-order valence-corrected chi connectivity index (χ3v) is 6.75. The van der Waals surface area contributed by atoms with Crippen LogP contribution in [0, 0.1) is 11.8 Å². The first-order chi connectivity index (χ1) is 19.7. The third kappa shape index (κ3) is 9.88. The molecule has 0 unspecified atom stereocenters. The topological polar surface area (TPSA) is 71.1 Å². The van der Waals surface area contributed by atoms with Crippen molar-refractivity contribution in [2.75, 3.05) is 6.61 Å². The maximum absolute atomic E-state index is 13.4. The number of carbonyl (C=O) groups excluding carboxylic acids is 2. The molecule has 0 atom stereocenters. The van der Waals surface area contributed by atoms with Crippen LogP contribution in [0.4, 0.5) is 30.7 Å². The number of rotatable bonds is 13. The molecule has 1 saturated carbocycles. The Morgan fingerprint density at radius 1 is 0.762 bits per heavy atom. The second kappa shape index (κ2) is 14.2. The zero-order valence-electron chi connectivity index (χ0n) is 22.7. The number of carbonyl (C=O) groups is 2. The van der Waals surface area contributed by atoms with Crippen LogP contribution >= 0.6 is 0 Å². The van der Waals surface area contributed by atoms with Gasteiger partial charge in [-0.1, -0.05) is 32.6 Å². The van der Waals surface area contributed by atoms with Gasteiger partial charge in [0.25, 0.3) is 0 Å². The number of halogens is 7. The van der Waals surface area contributed by atoms with E-state index < -0.39 is 31.0 Å². The van der Waals surface area contributed by atoms with Gasteiger partial charge in [0.15, 0.2) is 6.61 Å². The Bertz CT molecular complexity index is 1160. The summed E-state index contributed by atoms with van der Waals surface area (Å²) in [5, 5.41) is 0. The number of unbranched alkanes of at least 4 members (excludes halogenated alkanes) is 2. The lowest BCUT2D eigenvalue weighted by molar-refractivity contribution is -0.458. The molecule has 0 saturated heterocycles. The molecule has 1 fully saturated rings. The van der Waals surface area contributed by atoms with Crippen LogP contribution in [-0.2, 0) is 9.53 Å². The average Bonchev–Trinajstić information content (AvgIpc) is 2.92. The van der Waals surface area contributed by atoms with Crippen LogP contribution in [-0.4, -0.2) is 36.9 Å². The Balaban J connectivity index is 1.45. The predicted octanol–water partition coefficient (Wildman–Crippen LogP) is 8.34. The van der Waals surface area contributed by atoms with Gasteiger partial charge in [-0.25, -0.2) is 9.53 Å². The number of hydrogen-bond acceptors (Lipinski definition) is 6. The number of alkyl halides is 7. The van der Waals surface area contributed by atoms with Crippen molar-refractivity contribution in [1.29, 1.82) is 0 Å². The first kappa shape index (κ1) is 33.2. The van der Waals surface area contributed by atoms with E-state index in [1.54, 1.807) is 0 Å². The molecule has 6 nitrogen and oxygen atoms in total. The van der Waals surface area contributed by atoms with Crippen molar-refractivity contribution in [3.8, 4) is 17.2 Å². The molecule has 232 valence electrons. The molecular formula is C29H31F7O6. The minimum absolute atomic E-state index is 0.0465. The van der Waals surface area contributed by atoms with Crippen molar-refractivity contribution in [3.63, 3.8) is 0 Å². The molecule has 13 heteroatoms. The minimum atomic E-state index is -6.34. The SMILES string of the molecule is CCCCCC1CCC(C(=O)Oc2ccc(OC(=O)c3ccc(OCC(F)(F)OC(F)(F)C(F)(F)F)cc3)cc2)CC1. The maximum Gasteiger partial charge on any atom is 0.483 e. The number of hydrogen-bond donors (Lipinski definition) is 0. The highest BCUT2D eigenvalue weighted by Gasteiger charge is 2.64. The predicted molar refractivity (Wildman–Crippen MR) is 136 cm³/mol. The maximum atomic E-state index is 13.4. The molecule has 0 aliphatic heterocycles. The Hall–Kier alpha value is -3.35. The number of benzene rings is 2. The minimum Gasteiger partial charge on any atom is -0.484 e. The molecule has 1 aliphatic carbocycles. The van der Waals surface area contributed by atoms with Gasteiger partial charge in [0.1, 0.15) is 17.2 Å². The summed E-state index contributed by atoms with van der Waals surface area (Å²) in [7, 11) is 0. The highest BCUT2D eigenvalue weighted by atomic mass is 19.4. The van der Waals surface area contributed by atoms with Crippen molar-refractivity contribution in [2.45, 2.75) is 76.7 Å². The average molecular weight is 609 g/mol. The van der Waals surface area contributed by atoms with Gasteiger partial charge in [-0.3, -0.25) is 4.79 Å². The molecule has 0 aromatic heterocycles. The molecule has 0 bridgehead atoms. The van der Waals surface area contributed by atoms with Gasteiger partial charge in [-0.05, 0) is 80.1 Å². The monoisotopic (exact) mass is 608 g/mol. The van der Waals surface area contributed by atoms with Gasteiger partial charge in [0.05, 0.1) is 11.5 Å². The summed E-state index contributed by atoms with van der Waals surface area (Å²) in [6, 6.07) is 10.0. The molecule has 0 N–H and O–H groups in total. The fraction of sp³-hybridized carbons (Fsp3) is 0.517. The second-order valence-electron chi connectivity index (χ2n) is 10.1. The van der Waals surface area contributed by atoms with E-state index in [1.807, 2.05) is 0 Å². The lowest BCUT2D eigenvalue weighted by Crippen LogP contribution is -2.46. The van der Waals surface area contributed by atoms with Gasteiger partial charge in [-0.15, -0.1) is 0 Å². The normalized spacial score (nSPS) is 17.9. The smallest absolute Gasteiger partial charge is 0.483 e. The summed E-state index contributed by atoms with van der Waals surface area (Å²) in [4.78, 5) is 25.0. The van der Waals surface area contributed by atoms with Gasteiger partial charge in [0.2, 0.25) is 0 Å². The number of ether oxygens (including phenoxy) is 4. The molecule has 2 aromatic carbocycles. The van der Waals surface area contributed by atoms with E-state index in [4.69, 9.17) is 9.47 Å². The van der Waals surface area contributed by atoms with E-state index in [9.17, 15) is 40.3 Å². The molecular weight excluding hydrogens is 577 g/mol. The van der Waals surface area contributed by atoms with Gasteiger partial charge in [0, 0.05) is 0 Å². The summed E-state index contributed by atoms with van der Waals surface area (Å²) >= 11 is 0. The van der Waals surface area contributed by atoms with E-state index in [0.717, 1.165) is 49.9 Å². The Morgan fingerprint density at radius 2 is 1.31 bits per heavy atom. The summed E-state index contributed by atoms with van der Waals surface area (Å²) < 4.78 is 106. The van der Waals surface area contributed by atoms with Crippen molar-refractivity contribution < 1.29 is 59.3 Å². The highest BCUT2D eigenvalue weighted by Crippen LogP contribution is 2.40. The van der Waals surface area contributed by atoms with Crippen LogP contribution in [0.3, 0.4) is 0 Å². The Morgan fingerprint density at radius 3 is 1.86 bits per heavy atom. The van der Waals surface area contributed by atoms with Crippen molar-refractivity contribution in [3.05, 3.63) is 54.1 Å². The van der Waals surface area contributed by atoms with Crippen LogP contribution in [0.1, 0.15) is 68.6 Å². The van der Waals surface area contributed by atoms with Crippen LogP contribution in [0.25, 0.3) is 0 Å². The first-order valence-corrected chi connectivity index (χ1v) is 13.5. The van der Waals surface area contributed by atoms with Crippen LogP contribution in [0.15, 0.2) is 48.5 Å². The zero-order chi connectivity index (χ0) is 31.0. The first-order valence-electron chi connectivity index (χ1n) is 13.5. The Kier molecular flexibility index (Phi) is 11.2. The van der Waals surface area contributed by atoms with Crippen LogP contribution in [0.2, 0.25) is 0 Å². The summed E-state index contributed by atoms with van der Waals surface area (Å²) in [5.41, 5.74) is -0.0465. The summed E-state index contributed by atoms with van der Waals surface area (Å²) in [6.45, 7) is 0.225. The lowest BCUT2D eigenvalue weighted by Gasteiger charge is -2.27. The molecule has 2 aromatic rings. The van der Waals surface area contributed by atoms with E-state index in [-0.39, 0.29) is 28.9 Å². The lowest BCUT2D eigenvalue weighted by atomic mass is 9.80. The molecule has 1 aliphatic rings. The highest BCUT2D eigenvalue weighted by molar-refractivity contribution is 5.91. The summed E-state index contributed by atoms with van der Waals surface area (Å²) in [6.07, 6.45) is -8.98. The van der Waals surface area contributed by atoms with Gasteiger partial charge in [-0.2, -0.15) is 30.7 Å². The van der Waals surface area contributed by atoms with Gasteiger partial charge < -0.3 is 14.2 Å². The van der Waals surface area contributed by atoms with Crippen molar-refractivity contribution in [1.82, 2.24) is 0 Å². The number of esters is 2. The van der Waals surface area contributed by atoms with Crippen LogP contribution in [0.5, 0.6) is 17.2 Å².